The molecule has 0 bridgehead atoms. The van der Waals surface area contributed by atoms with E-state index in [0.29, 0.717) is 17.8 Å². The van der Waals surface area contributed by atoms with Gasteiger partial charge in [-0.3, -0.25) is 18.7 Å². The van der Waals surface area contributed by atoms with Crippen molar-refractivity contribution in [3.8, 4) is 17.2 Å². The van der Waals surface area contributed by atoms with Gasteiger partial charge in [0.25, 0.3) is 5.56 Å². The number of Topliss-reactive ketones (excluding diaryl/α,β-unsaturated/α-hetero) is 1. The highest BCUT2D eigenvalue weighted by molar-refractivity contribution is 5.97. The van der Waals surface area contributed by atoms with E-state index >= 15 is 0 Å². The highest BCUT2D eigenvalue weighted by atomic mass is 16.7. The molecule has 9 nitrogen and oxygen atoms in total. The van der Waals surface area contributed by atoms with Gasteiger partial charge in [-0.1, -0.05) is 24.3 Å². The molecule has 3 aromatic heterocycles. The maximum absolute atomic E-state index is 13.3. The first kappa shape index (κ1) is 21.8. The number of para-hydroxylation sites is 1. The average Bonchev–Trinajstić information content (AvgIpc) is 3.60. The number of imidazole rings is 1. The average molecular weight is 482 g/mol. The van der Waals surface area contributed by atoms with Gasteiger partial charge in [0.15, 0.2) is 28.4 Å². The summed E-state index contributed by atoms with van der Waals surface area (Å²) in [5.74, 6) is 1.30. The highest BCUT2D eigenvalue weighted by Crippen LogP contribution is 2.33. The second-order valence-electron chi connectivity index (χ2n) is 8.78. The molecule has 0 saturated carbocycles. The summed E-state index contributed by atoms with van der Waals surface area (Å²) in [7, 11) is 0. The number of carbonyl (C=O) groups is 1. The molecule has 0 aliphatic carbocycles. The van der Waals surface area contributed by atoms with E-state index in [-0.39, 0.29) is 30.2 Å². The number of fused-ring (bicyclic) bond motifs is 2. The van der Waals surface area contributed by atoms with E-state index in [0.717, 1.165) is 34.1 Å². The quantitative estimate of drug-likeness (QED) is 0.344. The van der Waals surface area contributed by atoms with E-state index in [9.17, 15) is 9.59 Å². The zero-order valence-electron chi connectivity index (χ0n) is 19.8. The summed E-state index contributed by atoms with van der Waals surface area (Å²) in [6, 6.07) is 17.3. The van der Waals surface area contributed by atoms with Crippen molar-refractivity contribution in [2.45, 2.75) is 26.9 Å². The number of ketones is 1. The van der Waals surface area contributed by atoms with Gasteiger partial charge in [-0.15, -0.1) is 0 Å². The number of carbonyl (C=O) groups excluding carboxylic acids is 1. The first-order chi connectivity index (χ1) is 17.5. The number of hydrogen-bond acceptors (Lipinski definition) is 6. The van der Waals surface area contributed by atoms with Crippen LogP contribution in [0.2, 0.25) is 0 Å². The first-order valence-electron chi connectivity index (χ1n) is 11.6. The number of aromatic nitrogens is 5. The second kappa shape index (κ2) is 8.53. The van der Waals surface area contributed by atoms with Gasteiger partial charge in [-0.2, -0.15) is 0 Å². The Morgan fingerprint density at radius 1 is 0.972 bits per heavy atom. The van der Waals surface area contributed by atoms with E-state index < -0.39 is 0 Å². The van der Waals surface area contributed by atoms with Crippen molar-refractivity contribution < 1.29 is 14.3 Å². The fourth-order valence-electron chi connectivity index (χ4n) is 4.61. The van der Waals surface area contributed by atoms with Crippen LogP contribution in [0.5, 0.6) is 11.5 Å². The van der Waals surface area contributed by atoms with Gasteiger partial charge >= 0.3 is 0 Å². The lowest BCUT2D eigenvalue weighted by atomic mass is 10.1. The Balaban J connectivity index is 1.26. The monoisotopic (exact) mass is 481 g/mol. The van der Waals surface area contributed by atoms with Crippen LogP contribution in [0, 0.1) is 13.8 Å². The van der Waals surface area contributed by atoms with Crippen molar-refractivity contribution in [3.63, 3.8) is 0 Å². The standard InChI is InChI=1S/C27H23N5O4/c1-17-10-21(18(2)31(17)12-19-8-9-23-24(11-19)36-16-35-23)22(33)13-30-14-29-26-25(27(30)34)28-15-32(26)20-6-4-3-5-7-20/h3-11,14-15H,12-13,16H2,1-2H3. The minimum absolute atomic E-state index is 0.117. The van der Waals surface area contributed by atoms with Gasteiger partial charge in [0, 0.05) is 29.2 Å². The van der Waals surface area contributed by atoms with Crippen LogP contribution >= 0.6 is 0 Å². The molecular weight excluding hydrogens is 458 g/mol. The molecule has 36 heavy (non-hydrogen) atoms. The fourth-order valence-corrected chi connectivity index (χ4v) is 4.61. The molecular formula is C27H23N5O4. The number of aryl methyl sites for hydroxylation is 1. The van der Waals surface area contributed by atoms with Crippen molar-refractivity contribution in [1.82, 2.24) is 23.7 Å². The van der Waals surface area contributed by atoms with Crippen LogP contribution in [0.3, 0.4) is 0 Å². The number of benzene rings is 2. The molecule has 180 valence electrons. The summed E-state index contributed by atoms with van der Waals surface area (Å²) in [6.07, 6.45) is 2.99. The molecule has 0 saturated heterocycles. The third-order valence-corrected chi connectivity index (χ3v) is 6.53. The molecule has 0 atom stereocenters. The Bertz CT molecular complexity index is 1680. The smallest absolute Gasteiger partial charge is 0.281 e. The Kier molecular flexibility index (Phi) is 5.18. The summed E-state index contributed by atoms with van der Waals surface area (Å²) >= 11 is 0. The normalized spacial score (nSPS) is 12.4. The van der Waals surface area contributed by atoms with Gasteiger partial charge in [0.2, 0.25) is 6.79 Å². The lowest BCUT2D eigenvalue weighted by molar-refractivity contribution is 0.0970. The van der Waals surface area contributed by atoms with E-state index in [1.54, 1.807) is 10.9 Å². The molecule has 0 fully saturated rings. The Morgan fingerprint density at radius 2 is 1.78 bits per heavy atom. The summed E-state index contributed by atoms with van der Waals surface area (Å²) in [6.45, 7) is 4.58. The molecule has 6 rings (SSSR count). The van der Waals surface area contributed by atoms with E-state index in [2.05, 4.69) is 14.5 Å². The van der Waals surface area contributed by atoms with Crippen LogP contribution in [-0.4, -0.2) is 36.2 Å². The van der Waals surface area contributed by atoms with Crippen LogP contribution in [-0.2, 0) is 13.1 Å². The summed E-state index contributed by atoms with van der Waals surface area (Å²) < 4.78 is 16.0. The minimum Gasteiger partial charge on any atom is -0.454 e. The van der Waals surface area contributed by atoms with Gasteiger partial charge < -0.3 is 14.0 Å². The molecule has 2 aromatic carbocycles. The predicted molar refractivity (Wildman–Crippen MR) is 133 cm³/mol. The molecule has 0 amide bonds. The molecule has 9 heteroatoms. The van der Waals surface area contributed by atoms with Crippen LogP contribution in [0.4, 0.5) is 0 Å². The van der Waals surface area contributed by atoms with Crippen molar-refractivity contribution in [1.29, 1.82) is 0 Å². The maximum atomic E-state index is 13.3. The third kappa shape index (κ3) is 3.65. The van der Waals surface area contributed by atoms with E-state index in [4.69, 9.17) is 9.47 Å². The summed E-state index contributed by atoms with van der Waals surface area (Å²) in [5, 5.41) is 0. The molecule has 0 N–H and O–H groups in total. The van der Waals surface area contributed by atoms with Crippen molar-refractivity contribution >= 4 is 16.9 Å². The lowest BCUT2D eigenvalue weighted by Crippen LogP contribution is -2.25. The third-order valence-electron chi connectivity index (χ3n) is 6.53. The summed E-state index contributed by atoms with van der Waals surface area (Å²) in [4.78, 5) is 35.1. The molecule has 0 spiro atoms. The molecule has 0 radical (unpaired) electrons. The van der Waals surface area contributed by atoms with Crippen molar-refractivity contribution in [2.24, 2.45) is 0 Å². The van der Waals surface area contributed by atoms with E-state index in [1.165, 1.54) is 10.9 Å². The van der Waals surface area contributed by atoms with Crippen molar-refractivity contribution in [3.05, 3.63) is 100 Å². The lowest BCUT2D eigenvalue weighted by Gasteiger charge is -2.11. The van der Waals surface area contributed by atoms with Crippen LogP contribution < -0.4 is 15.0 Å². The fraction of sp³-hybridized carbons (Fsp3) is 0.185. The van der Waals surface area contributed by atoms with Gasteiger partial charge in [0.1, 0.15) is 12.7 Å². The van der Waals surface area contributed by atoms with Crippen LogP contribution in [0.25, 0.3) is 16.9 Å². The molecule has 1 aliphatic rings. The number of nitrogens with zero attached hydrogens (tertiary/aromatic N) is 5. The number of rotatable bonds is 6. The van der Waals surface area contributed by atoms with Crippen LogP contribution in [0.1, 0.15) is 27.3 Å². The molecule has 0 unspecified atom stereocenters. The van der Waals surface area contributed by atoms with Crippen LogP contribution in [0.15, 0.2) is 72.0 Å². The maximum Gasteiger partial charge on any atom is 0.281 e. The van der Waals surface area contributed by atoms with Gasteiger partial charge in [-0.25, -0.2) is 9.97 Å². The van der Waals surface area contributed by atoms with E-state index in [1.807, 2.05) is 68.4 Å². The molecule has 5 aromatic rings. The minimum atomic E-state index is -0.350. The Hall–Kier alpha value is -4.66. The predicted octanol–water partition coefficient (Wildman–Crippen LogP) is 3.66. The summed E-state index contributed by atoms with van der Waals surface area (Å²) in [5.41, 5.74) is 4.60. The molecule has 1 aliphatic heterocycles. The first-order valence-corrected chi connectivity index (χ1v) is 11.6. The zero-order valence-corrected chi connectivity index (χ0v) is 19.8. The van der Waals surface area contributed by atoms with Gasteiger partial charge in [0.05, 0.1) is 6.54 Å². The number of hydrogen-bond donors (Lipinski definition) is 0. The van der Waals surface area contributed by atoms with Crippen molar-refractivity contribution in [2.75, 3.05) is 6.79 Å². The SMILES string of the molecule is Cc1cc(C(=O)Cn2cnc3c(ncn3-c3ccccc3)c2=O)c(C)n1Cc1ccc2c(c1)OCO2. The molecule has 4 heterocycles. The highest BCUT2D eigenvalue weighted by Gasteiger charge is 2.20. The Morgan fingerprint density at radius 3 is 2.61 bits per heavy atom. The number of ether oxygens (including phenoxy) is 2. The zero-order chi connectivity index (χ0) is 24.8. The largest absolute Gasteiger partial charge is 0.454 e. The second-order valence-corrected chi connectivity index (χ2v) is 8.78. The Labute approximate surface area is 206 Å². The van der Waals surface area contributed by atoms with Gasteiger partial charge in [-0.05, 0) is 49.7 Å². The topological polar surface area (TPSA) is 93.2 Å².